The molecule has 0 amide bonds. The van der Waals surface area contributed by atoms with Gasteiger partial charge in [-0.2, -0.15) is 0 Å². The molecule has 2 aliphatic heterocycles. The molecule has 2 aliphatic rings. The van der Waals surface area contributed by atoms with Gasteiger partial charge < -0.3 is 4.90 Å². The number of fused-ring (bicyclic) bond motifs is 2. The topological polar surface area (TPSA) is 15.6 Å². The van der Waals surface area contributed by atoms with Gasteiger partial charge in [0, 0.05) is 30.1 Å². The van der Waals surface area contributed by atoms with Crippen molar-refractivity contribution in [2.24, 2.45) is 4.99 Å². The Bertz CT molecular complexity index is 820. The van der Waals surface area contributed by atoms with Crippen LogP contribution >= 0.6 is 11.6 Å². The Morgan fingerprint density at radius 1 is 1.09 bits per heavy atom. The van der Waals surface area contributed by atoms with E-state index in [1.54, 1.807) is 0 Å². The second kappa shape index (κ2) is 5.95. The molecule has 0 saturated carbocycles. The van der Waals surface area contributed by atoms with Crippen molar-refractivity contribution in [3.63, 3.8) is 0 Å². The van der Waals surface area contributed by atoms with E-state index in [1.165, 1.54) is 22.3 Å². The molecule has 0 aliphatic carbocycles. The minimum atomic E-state index is 0.771. The zero-order valence-electron chi connectivity index (χ0n) is 13.2. The fourth-order valence-corrected chi connectivity index (χ4v) is 3.56. The summed E-state index contributed by atoms with van der Waals surface area (Å²) in [6.45, 7) is 2.04. The van der Waals surface area contributed by atoms with Gasteiger partial charge in [-0.05, 0) is 48.4 Å². The summed E-state index contributed by atoms with van der Waals surface area (Å²) in [5.41, 5.74) is 7.21. The Morgan fingerprint density at radius 3 is 2.83 bits per heavy atom. The summed E-state index contributed by atoms with van der Waals surface area (Å²) < 4.78 is 0. The summed E-state index contributed by atoms with van der Waals surface area (Å²) in [5.74, 6) is 0. The fourth-order valence-electron chi connectivity index (χ4n) is 3.39. The molecule has 0 aromatic heterocycles. The van der Waals surface area contributed by atoms with E-state index in [0.717, 1.165) is 42.4 Å². The molecule has 116 valence electrons. The summed E-state index contributed by atoms with van der Waals surface area (Å²) in [6, 6.07) is 14.6. The molecule has 0 spiro atoms. The van der Waals surface area contributed by atoms with Crippen molar-refractivity contribution in [1.29, 1.82) is 0 Å². The first kappa shape index (κ1) is 14.7. The minimum Gasteiger partial charge on any atom is -0.302 e. The summed E-state index contributed by atoms with van der Waals surface area (Å²) in [4.78, 5) is 7.39. The first-order chi connectivity index (χ1) is 11.2. The third-order valence-corrected chi connectivity index (χ3v) is 4.81. The van der Waals surface area contributed by atoms with Gasteiger partial charge in [0.1, 0.15) is 0 Å². The van der Waals surface area contributed by atoms with Crippen LogP contribution < -0.4 is 0 Å². The normalized spacial score (nSPS) is 17.7. The molecule has 0 bridgehead atoms. The highest BCUT2D eigenvalue weighted by atomic mass is 35.5. The van der Waals surface area contributed by atoms with Crippen molar-refractivity contribution in [3.05, 3.63) is 75.8 Å². The van der Waals surface area contributed by atoms with Gasteiger partial charge >= 0.3 is 0 Å². The molecule has 0 N–H and O–H groups in total. The SMILES string of the molecule is CN1CCC=C(C2=Nc3ccccc3Cc3ccc(Cl)cc32)C1. The number of hydrogen-bond donors (Lipinski definition) is 0. The lowest BCUT2D eigenvalue weighted by Crippen LogP contribution is -2.29. The van der Waals surface area contributed by atoms with Gasteiger partial charge in [0.2, 0.25) is 0 Å². The number of nitrogens with zero attached hydrogens (tertiary/aromatic N) is 2. The predicted octanol–water partition coefficient (Wildman–Crippen LogP) is 4.63. The van der Waals surface area contributed by atoms with Crippen LogP contribution in [0.3, 0.4) is 0 Å². The first-order valence-corrected chi connectivity index (χ1v) is 8.42. The Hall–Kier alpha value is -1.90. The molecule has 0 radical (unpaired) electrons. The van der Waals surface area contributed by atoms with E-state index in [0.29, 0.717) is 0 Å². The monoisotopic (exact) mass is 322 g/mol. The number of aliphatic imine (C=N–C) groups is 1. The molecule has 3 heteroatoms. The number of hydrogen-bond acceptors (Lipinski definition) is 2. The molecule has 2 heterocycles. The van der Waals surface area contributed by atoms with Crippen molar-refractivity contribution in [2.75, 3.05) is 20.1 Å². The number of benzene rings is 2. The number of halogens is 1. The second-order valence-electron chi connectivity index (χ2n) is 6.32. The molecule has 4 rings (SSSR count). The van der Waals surface area contributed by atoms with Crippen LogP contribution in [0.15, 0.2) is 59.1 Å². The van der Waals surface area contributed by atoms with Crippen LogP contribution in [-0.2, 0) is 6.42 Å². The van der Waals surface area contributed by atoms with E-state index in [4.69, 9.17) is 16.6 Å². The first-order valence-electron chi connectivity index (χ1n) is 8.04. The summed E-state index contributed by atoms with van der Waals surface area (Å²) >= 11 is 6.29. The van der Waals surface area contributed by atoms with Crippen LogP contribution in [0.25, 0.3) is 0 Å². The highest BCUT2D eigenvalue weighted by molar-refractivity contribution is 6.31. The van der Waals surface area contributed by atoms with Crippen molar-refractivity contribution < 1.29 is 0 Å². The van der Waals surface area contributed by atoms with Crippen molar-refractivity contribution >= 4 is 23.0 Å². The Morgan fingerprint density at radius 2 is 1.96 bits per heavy atom. The average molecular weight is 323 g/mol. The average Bonchev–Trinajstić information content (AvgIpc) is 2.71. The van der Waals surface area contributed by atoms with Crippen LogP contribution in [0, 0.1) is 0 Å². The lowest BCUT2D eigenvalue weighted by Gasteiger charge is -2.24. The molecule has 0 atom stereocenters. The molecule has 0 fully saturated rings. The van der Waals surface area contributed by atoms with E-state index in [9.17, 15) is 0 Å². The third kappa shape index (κ3) is 2.85. The van der Waals surface area contributed by atoms with E-state index in [-0.39, 0.29) is 0 Å². The number of rotatable bonds is 1. The quantitative estimate of drug-likeness (QED) is 0.747. The lowest BCUT2D eigenvalue weighted by molar-refractivity contribution is 0.360. The Balaban J connectivity index is 1.92. The van der Waals surface area contributed by atoms with E-state index < -0.39 is 0 Å². The van der Waals surface area contributed by atoms with E-state index >= 15 is 0 Å². The number of para-hydroxylation sites is 1. The zero-order valence-corrected chi connectivity index (χ0v) is 14.0. The van der Waals surface area contributed by atoms with E-state index in [1.807, 2.05) is 6.07 Å². The maximum atomic E-state index is 6.29. The van der Waals surface area contributed by atoms with Crippen LogP contribution in [0.4, 0.5) is 5.69 Å². The summed E-state index contributed by atoms with van der Waals surface area (Å²) in [5, 5.41) is 0.771. The number of likely N-dealkylation sites (N-methyl/N-ethyl adjacent to an activating group) is 1. The summed E-state index contributed by atoms with van der Waals surface area (Å²) in [6.07, 6.45) is 4.30. The molecule has 2 aromatic carbocycles. The molecule has 2 nitrogen and oxygen atoms in total. The second-order valence-corrected chi connectivity index (χ2v) is 6.76. The van der Waals surface area contributed by atoms with Gasteiger partial charge in [-0.3, -0.25) is 0 Å². The van der Waals surface area contributed by atoms with Gasteiger partial charge in [-0.1, -0.05) is 41.9 Å². The summed E-state index contributed by atoms with van der Waals surface area (Å²) in [7, 11) is 2.16. The highest BCUT2D eigenvalue weighted by Crippen LogP contribution is 2.32. The van der Waals surface area contributed by atoms with Gasteiger partial charge in [0.05, 0.1) is 11.4 Å². The minimum absolute atomic E-state index is 0.771. The van der Waals surface area contributed by atoms with Crippen LogP contribution in [0.1, 0.15) is 23.1 Å². The third-order valence-electron chi connectivity index (χ3n) is 4.58. The standard InChI is InChI=1S/C20H19ClN2/c1-23-10-4-6-16(13-23)20-18-12-17(21)9-8-14(18)11-15-5-2-3-7-19(15)22-20/h2-3,5-9,12H,4,10-11,13H2,1H3. The predicted molar refractivity (Wildman–Crippen MR) is 97.1 cm³/mol. The van der Waals surface area contributed by atoms with Gasteiger partial charge in [-0.15, -0.1) is 0 Å². The van der Waals surface area contributed by atoms with Crippen molar-refractivity contribution in [2.45, 2.75) is 12.8 Å². The molecular weight excluding hydrogens is 304 g/mol. The lowest BCUT2D eigenvalue weighted by atomic mass is 9.93. The molecule has 23 heavy (non-hydrogen) atoms. The molecular formula is C20H19ClN2. The Kier molecular flexibility index (Phi) is 3.80. The fraction of sp³-hybridized carbons (Fsp3) is 0.250. The Labute approximate surface area is 142 Å². The maximum Gasteiger partial charge on any atom is 0.0754 e. The van der Waals surface area contributed by atoms with Crippen LogP contribution in [0.2, 0.25) is 5.02 Å². The van der Waals surface area contributed by atoms with E-state index in [2.05, 4.69) is 54.4 Å². The van der Waals surface area contributed by atoms with Crippen LogP contribution in [0.5, 0.6) is 0 Å². The highest BCUT2D eigenvalue weighted by Gasteiger charge is 2.21. The maximum absolute atomic E-state index is 6.29. The van der Waals surface area contributed by atoms with Gasteiger partial charge in [-0.25, -0.2) is 4.99 Å². The van der Waals surface area contributed by atoms with Crippen molar-refractivity contribution in [3.8, 4) is 0 Å². The molecule has 0 saturated heterocycles. The van der Waals surface area contributed by atoms with Crippen LogP contribution in [-0.4, -0.2) is 30.7 Å². The molecule has 2 aromatic rings. The van der Waals surface area contributed by atoms with Gasteiger partial charge in [0.15, 0.2) is 0 Å². The van der Waals surface area contributed by atoms with Crippen molar-refractivity contribution in [1.82, 2.24) is 4.90 Å². The zero-order chi connectivity index (χ0) is 15.8. The smallest absolute Gasteiger partial charge is 0.0754 e. The largest absolute Gasteiger partial charge is 0.302 e. The molecule has 0 unspecified atom stereocenters. The van der Waals surface area contributed by atoms with Gasteiger partial charge in [0.25, 0.3) is 0 Å².